The summed E-state index contributed by atoms with van der Waals surface area (Å²) in [5.41, 5.74) is 1.64. The minimum Gasteiger partial charge on any atom is -0.254 e. The summed E-state index contributed by atoms with van der Waals surface area (Å²) in [6, 6.07) is 6.81. The fourth-order valence-corrected chi connectivity index (χ4v) is 2.94. The summed E-state index contributed by atoms with van der Waals surface area (Å²) in [5, 5.41) is 0.146. The third-order valence-corrected chi connectivity index (χ3v) is 4.11. The molecule has 6 nitrogen and oxygen atoms in total. The van der Waals surface area contributed by atoms with Crippen LogP contribution in [0.1, 0.15) is 13.3 Å². The molecular formula is C13H14BClN4O2S. The van der Waals surface area contributed by atoms with Gasteiger partial charge in [-0.05, 0) is 12.0 Å². The quantitative estimate of drug-likeness (QED) is 0.614. The zero-order chi connectivity index (χ0) is 16.2. The highest BCUT2D eigenvalue weighted by Crippen LogP contribution is 2.31. The Kier molecular flexibility index (Phi) is 5.39. The number of halogens is 1. The molecule has 0 saturated heterocycles. The number of aromatic nitrogens is 2. The molecule has 22 heavy (non-hydrogen) atoms. The van der Waals surface area contributed by atoms with Gasteiger partial charge < -0.3 is 0 Å². The van der Waals surface area contributed by atoms with Crippen molar-refractivity contribution in [2.45, 2.75) is 13.3 Å². The van der Waals surface area contributed by atoms with Crippen LogP contribution < -0.4 is 14.9 Å². The lowest BCUT2D eigenvalue weighted by Gasteiger charge is -2.13. The second kappa shape index (κ2) is 7.08. The van der Waals surface area contributed by atoms with Crippen molar-refractivity contribution in [1.82, 2.24) is 14.7 Å². The van der Waals surface area contributed by atoms with E-state index in [2.05, 4.69) is 19.4 Å². The number of nitrogens with one attached hydrogen (secondary N) is 2. The molecule has 114 valence electrons. The molecule has 0 amide bonds. The number of anilines is 1. The van der Waals surface area contributed by atoms with Crippen LogP contribution in [-0.2, 0) is 10.2 Å². The molecule has 0 aliphatic carbocycles. The van der Waals surface area contributed by atoms with Crippen molar-refractivity contribution >= 4 is 40.9 Å². The molecule has 0 unspecified atom stereocenters. The van der Waals surface area contributed by atoms with E-state index in [1.54, 1.807) is 24.3 Å². The lowest BCUT2D eigenvalue weighted by molar-refractivity contribution is 0.586. The first-order valence-electron chi connectivity index (χ1n) is 6.56. The van der Waals surface area contributed by atoms with E-state index in [4.69, 9.17) is 19.4 Å². The summed E-state index contributed by atoms with van der Waals surface area (Å²) in [5.74, 6) is 0.105. The molecule has 0 bridgehead atoms. The molecule has 0 aliphatic rings. The standard InChI is InChI=1S/C13H14BClN4O2S/c1-2-7-18-22(20,21)19-13-11(12(15)16-8-17-13)9-3-5-10(14)6-4-9/h3-6,8,18H,2,7H2,1H3,(H,16,17,19). The van der Waals surface area contributed by atoms with Gasteiger partial charge in [-0.3, -0.25) is 4.72 Å². The van der Waals surface area contributed by atoms with Gasteiger partial charge >= 0.3 is 0 Å². The van der Waals surface area contributed by atoms with Crippen LogP contribution in [0.2, 0.25) is 5.15 Å². The Morgan fingerprint density at radius 1 is 1.23 bits per heavy atom. The molecule has 2 aromatic rings. The molecular weight excluding hydrogens is 323 g/mol. The van der Waals surface area contributed by atoms with Crippen molar-refractivity contribution in [3.63, 3.8) is 0 Å². The van der Waals surface area contributed by atoms with Gasteiger partial charge in [-0.25, -0.2) is 9.97 Å². The van der Waals surface area contributed by atoms with Crippen LogP contribution in [0.15, 0.2) is 30.6 Å². The smallest absolute Gasteiger partial charge is 0.254 e. The SMILES string of the molecule is [B]c1ccc(-c2c(Cl)ncnc2NS(=O)(=O)NCCC)cc1. The maximum atomic E-state index is 12.0. The van der Waals surface area contributed by atoms with E-state index in [9.17, 15) is 8.42 Å². The van der Waals surface area contributed by atoms with Crippen molar-refractivity contribution in [3.8, 4) is 11.1 Å². The first kappa shape index (κ1) is 16.7. The molecule has 0 fully saturated rings. The summed E-state index contributed by atoms with van der Waals surface area (Å²) in [6.07, 6.45) is 1.87. The molecule has 9 heteroatoms. The number of hydrogen-bond donors (Lipinski definition) is 2. The first-order chi connectivity index (χ1) is 10.4. The second-order valence-corrected chi connectivity index (χ2v) is 6.37. The third-order valence-electron chi connectivity index (χ3n) is 2.77. The average molecular weight is 337 g/mol. The van der Waals surface area contributed by atoms with Crippen LogP contribution in [0.25, 0.3) is 11.1 Å². The second-order valence-electron chi connectivity index (χ2n) is 4.51. The molecule has 0 spiro atoms. The zero-order valence-electron chi connectivity index (χ0n) is 11.9. The summed E-state index contributed by atoms with van der Waals surface area (Å²) in [7, 11) is 1.93. The van der Waals surface area contributed by atoms with Gasteiger partial charge in [0.15, 0.2) is 5.82 Å². The number of rotatable bonds is 6. The van der Waals surface area contributed by atoms with Gasteiger partial charge in [0.05, 0.1) is 5.56 Å². The zero-order valence-corrected chi connectivity index (χ0v) is 13.4. The Hall–Kier alpha value is -1.64. The van der Waals surface area contributed by atoms with Gasteiger partial charge in [-0.15, -0.1) is 0 Å². The van der Waals surface area contributed by atoms with Crippen molar-refractivity contribution in [2.75, 3.05) is 11.3 Å². The fourth-order valence-electron chi connectivity index (χ4n) is 1.75. The van der Waals surface area contributed by atoms with E-state index in [1.807, 2.05) is 6.92 Å². The Bertz CT molecular complexity index is 753. The van der Waals surface area contributed by atoms with Gasteiger partial charge in [0.1, 0.15) is 19.3 Å². The monoisotopic (exact) mass is 336 g/mol. The molecule has 1 aromatic heterocycles. The molecule has 2 radical (unpaired) electrons. The van der Waals surface area contributed by atoms with Gasteiger partial charge in [0.25, 0.3) is 10.2 Å². The van der Waals surface area contributed by atoms with Crippen molar-refractivity contribution in [3.05, 3.63) is 35.7 Å². The van der Waals surface area contributed by atoms with Crippen LogP contribution in [0.5, 0.6) is 0 Å². The number of benzene rings is 1. The maximum absolute atomic E-state index is 12.0. The molecule has 1 aromatic carbocycles. The van der Waals surface area contributed by atoms with Gasteiger partial charge in [-0.1, -0.05) is 48.3 Å². The van der Waals surface area contributed by atoms with Crippen LogP contribution in [-0.4, -0.2) is 32.8 Å². The van der Waals surface area contributed by atoms with E-state index in [1.165, 1.54) is 6.33 Å². The molecule has 2 N–H and O–H groups in total. The van der Waals surface area contributed by atoms with E-state index >= 15 is 0 Å². The van der Waals surface area contributed by atoms with Crippen LogP contribution in [0.3, 0.4) is 0 Å². The van der Waals surface area contributed by atoms with E-state index < -0.39 is 10.2 Å². The number of hydrogen-bond acceptors (Lipinski definition) is 4. The Labute approximate surface area is 135 Å². The Morgan fingerprint density at radius 2 is 1.91 bits per heavy atom. The maximum Gasteiger partial charge on any atom is 0.300 e. The highest BCUT2D eigenvalue weighted by Gasteiger charge is 2.17. The lowest BCUT2D eigenvalue weighted by atomic mass is 9.94. The first-order valence-corrected chi connectivity index (χ1v) is 8.43. The highest BCUT2D eigenvalue weighted by molar-refractivity contribution is 7.90. The predicted molar refractivity (Wildman–Crippen MR) is 88.7 cm³/mol. The lowest BCUT2D eigenvalue weighted by Crippen LogP contribution is -2.31. The Balaban J connectivity index is 2.41. The summed E-state index contributed by atoms with van der Waals surface area (Å²) in [4.78, 5) is 7.87. The number of nitrogens with zero attached hydrogens (tertiary/aromatic N) is 2. The van der Waals surface area contributed by atoms with Gasteiger partial charge in [0.2, 0.25) is 0 Å². The van der Waals surface area contributed by atoms with Crippen LogP contribution >= 0.6 is 11.6 Å². The van der Waals surface area contributed by atoms with Crippen molar-refractivity contribution in [2.24, 2.45) is 0 Å². The fraction of sp³-hybridized carbons (Fsp3) is 0.231. The van der Waals surface area contributed by atoms with Gasteiger partial charge in [0, 0.05) is 6.54 Å². The molecule has 0 atom stereocenters. The van der Waals surface area contributed by atoms with Crippen LogP contribution in [0.4, 0.5) is 5.82 Å². The normalized spacial score (nSPS) is 11.4. The van der Waals surface area contributed by atoms with E-state index in [-0.39, 0.29) is 11.0 Å². The largest absolute Gasteiger partial charge is 0.300 e. The molecule has 0 saturated carbocycles. The molecule has 1 heterocycles. The summed E-state index contributed by atoms with van der Waals surface area (Å²) in [6.45, 7) is 2.19. The van der Waals surface area contributed by atoms with Crippen molar-refractivity contribution in [1.29, 1.82) is 0 Å². The average Bonchev–Trinajstić information content (AvgIpc) is 2.46. The van der Waals surface area contributed by atoms with E-state index in [0.717, 1.165) is 0 Å². The predicted octanol–water partition coefficient (Wildman–Crippen LogP) is 1.25. The minimum atomic E-state index is -3.73. The molecule has 0 aliphatic heterocycles. The van der Waals surface area contributed by atoms with Crippen LogP contribution in [0, 0.1) is 0 Å². The summed E-state index contributed by atoms with van der Waals surface area (Å²) >= 11 is 6.10. The highest BCUT2D eigenvalue weighted by atomic mass is 35.5. The van der Waals surface area contributed by atoms with Gasteiger partial charge in [-0.2, -0.15) is 13.1 Å². The van der Waals surface area contributed by atoms with Crippen molar-refractivity contribution < 1.29 is 8.42 Å². The topological polar surface area (TPSA) is 84.0 Å². The Morgan fingerprint density at radius 3 is 2.55 bits per heavy atom. The third kappa shape index (κ3) is 4.19. The minimum absolute atomic E-state index is 0.105. The van der Waals surface area contributed by atoms with E-state index in [0.29, 0.717) is 29.6 Å². The summed E-state index contributed by atoms with van der Waals surface area (Å²) < 4.78 is 28.7. The molecule has 2 rings (SSSR count).